The summed E-state index contributed by atoms with van der Waals surface area (Å²) in [4.78, 5) is 118. The van der Waals surface area contributed by atoms with Crippen LogP contribution in [-0.4, -0.2) is 157 Å². The summed E-state index contributed by atoms with van der Waals surface area (Å²) in [5.74, 6) is 18.3. The Labute approximate surface area is 731 Å². The second-order valence-corrected chi connectivity index (χ2v) is 22.8. The molecule has 3 radical (unpaired) electrons. The van der Waals surface area contributed by atoms with Crippen LogP contribution in [0.25, 0.3) is 89.3 Å². The quantitative estimate of drug-likeness (QED) is 0.0362. The van der Waals surface area contributed by atoms with Crippen molar-refractivity contribution in [2.75, 3.05) is 40.1 Å². The molecule has 16 aromatic heterocycles. The van der Waals surface area contributed by atoms with Gasteiger partial charge >= 0.3 is 0 Å². The summed E-state index contributed by atoms with van der Waals surface area (Å²) < 4.78 is 13.6. The molecule has 0 unspecified atom stereocenters. The predicted octanol–water partition coefficient (Wildman–Crippen LogP) is 4.16. The Balaban J connectivity index is 0.000000260. The van der Waals surface area contributed by atoms with Crippen molar-refractivity contribution in [2.45, 2.75) is 41.2 Å². The molecule has 0 saturated heterocycles. The van der Waals surface area contributed by atoms with Gasteiger partial charge in [-0.15, -0.1) is 0 Å². The van der Waals surface area contributed by atoms with E-state index in [9.17, 15) is 9.59 Å². The molecule has 0 aliphatic rings. The molecular weight excluding hydrogens is 1900 g/mol. The molecule has 0 bridgehead atoms. The van der Waals surface area contributed by atoms with Crippen LogP contribution in [0.2, 0.25) is 10.3 Å². The summed E-state index contributed by atoms with van der Waals surface area (Å²) in [5, 5.41) is 0.697. The van der Waals surface area contributed by atoms with Gasteiger partial charge in [0, 0.05) is 192 Å². The number of rotatable bonds is 1. The molecule has 16 heterocycles. The Morgan fingerprint density at radius 3 is 1.17 bits per heavy atom. The van der Waals surface area contributed by atoms with Crippen molar-refractivity contribution in [3.05, 3.63) is 128 Å². The summed E-state index contributed by atoms with van der Waals surface area (Å²) in [6, 6.07) is 0. The van der Waals surface area contributed by atoms with E-state index in [4.69, 9.17) is 63.3 Å². The van der Waals surface area contributed by atoms with Crippen LogP contribution < -0.4 is 51.3 Å². The Kier molecular flexibility index (Phi) is 36.0. The normalized spacial score (nSPS) is 9.83. The standard InChI is InChI=1S/C10H10N5.C9H8N5.C8H6N5.C6H4ClIN4.C6H6ClN5.C6H6IN5.2C6H7N5O.2C2H6.3Y/c1-3-5-7-13-9(11)8-10(14-7)15(4-2)6-12-8;1-3-4-6-12-8(10)7-9(13-6)14(2)5-11-7;1-2-3-5-12-7(9)6-8(13-5)11-4-10-6;2*1-12-2-9-3-4(7)10-6(8)11-5(3)12;1-12-2-9-3-4(8)10-6(7)11-5(3)12;2*1-11-2-8-3-4(11)9-6(7)10-5(3)12;2*1-2;;;/h6H,1,4H2,2H3,(H2,11,13,14);5H,1H2,2H3,(H2,10,12,13);4H,1H2,(H3,9,10,11,12,13);2H,1H3;2*2H,1H3,(H2,8,10,11);2*2H,1H3,(H3,7,9,10,12);2*1-2H3;;;/q3*-1;;;;;;;;;;. The first-order chi connectivity index (χ1) is 50.7. The Bertz CT molecular complexity index is 5830. The zero-order valence-electron chi connectivity index (χ0n) is 60.0. The maximum Gasteiger partial charge on any atom is 0.280 e. The Hall–Kier alpha value is -9.76. The van der Waals surface area contributed by atoms with Crippen molar-refractivity contribution in [1.82, 2.24) is 157 Å². The van der Waals surface area contributed by atoms with E-state index in [2.05, 4.69) is 181 Å². The molecule has 16 aromatic rings. The van der Waals surface area contributed by atoms with E-state index < -0.39 is 0 Å². The number of H-pyrrole nitrogens is 3. The average Bonchev–Trinajstić information content (AvgIpc) is 1.71. The van der Waals surface area contributed by atoms with Crippen molar-refractivity contribution >= 4 is 199 Å². The third-order valence-electron chi connectivity index (χ3n) is 13.1. The summed E-state index contributed by atoms with van der Waals surface area (Å²) in [6.07, 6.45) is 12.8. The van der Waals surface area contributed by atoms with Crippen molar-refractivity contribution in [2.24, 2.45) is 42.3 Å². The number of nitrogens with one attached hydrogen (secondary N) is 3. The zero-order valence-corrected chi connectivity index (χ0v) is 74.4. The smallest absolute Gasteiger partial charge is 0.280 e. The molecule has 557 valence electrons. The minimum Gasteiger partial charge on any atom is -0.382 e. The van der Waals surface area contributed by atoms with Gasteiger partial charge in [-0.3, -0.25) is 55.1 Å². The molecule has 0 saturated carbocycles. The van der Waals surface area contributed by atoms with Gasteiger partial charge in [0.15, 0.2) is 97.5 Å². The fraction of sp³-hybridized carbons (Fsp3) is 0.197. The molecule has 0 amide bonds. The number of hydrogen-bond donors (Lipinski definition) is 10. The SMILES string of the molecule is CC.CC.Cn1cnc2c(=O)[nH]c(N)nc21.Cn1cnc2c(=O)[nH]c(N)nc21.Cn1cnc2c(Cl)nc(I)nc21.Cn1cnc2c(Cl)nc(N)nc21.Cn1cnc2c(N)nc(I)nc21.[CH2-]C#Cc1nc(N)c2[nH]cnc2n1.[CH2-]C#Cc1nc(N)c2ncn(C)c2n1.[CH2-]C#Cc1nc(N)c2ncn(CC)c2n1.[Y].[Y].[Y]. The molecule has 16 rings (SSSR count). The number of aromatic amines is 3. The van der Waals surface area contributed by atoms with Gasteiger partial charge in [0.1, 0.15) is 50.6 Å². The number of imidazole rings is 8. The first-order valence-electron chi connectivity index (χ1n) is 30.5. The number of nitrogens with two attached hydrogens (primary N) is 7. The minimum atomic E-state index is -0.307. The third kappa shape index (κ3) is 23.2. The van der Waals surface area contributed by atoms with Crippen LogP contribution >= 0.6 is 68.4 Å². The van der Waals surface area contributed by atoms with Gasteiger partial charge in [0.05, 0.1) is 50.6 Å². The monoisotopic (exact) mass is 1970 g/mol. The largest absolute Gasteiger partial charge is 0.382 e. The van der Waals surface area contributed by atoms with Gasteiger partial charge in [-0.2, -0.15) is 40.7 Å². The van der Waals surface area contributed by atoms with E-state index in [1.165, 1.54) is 19.0 Å². The van der Waals surface area contributed by atoms with Crippen LogP contribution in [-0.2, 0) is 147 Å². The van der Waals surface area contributed by atoms with Crippen LogP contribution in [0.5, 0.6) is 0 Å². The van der Waals surface area contributed by atoms with Crippen molar-refractivity contribution in [3.8, 4) is 35.5 Å². The number of halogens is 4. The third-order valence-corrected chi connectivity index (χ3v) is 14.6. The number of aromatic nitrogens is 32. The van der Waals surface area contributed by atoms with Crippen LogP contribution in [0.15, 0.2) is 60.2 Å². The number of nitrogen functional groups attached to an aromatic ring is 7. The maximum absolute atomic E-state index is 11.2. The molecule has 0 fully saturated rings. The fourth-order valence-corrected chi connectivity index (χ4v) is 10.0. The first-order valence-corrected chi connectivity index (χ1v) is 33.4. The van der Waals surface area contributed by atoms with Gasteiger partial charge < -0.3 is 77.1 Å². The number of hydrogen-bond acceptors (Lipinski definition) is 31. The van der Waals surface area contributed by atoms with Gasteiger partial charge in [0.2, 0.25) is 17.8 Å². The first kappa shape index (κ1) is 91.6. The van der Waals surface area contributed by atoms with Crippen LogP contribution in [0.4, 0.5) is 41.1 Å². The maximum atomic E-state index is 11.2. The molecule has 109 heavy (non-hydrogen) atoms. The van der Waals surface area contributed by atoms with Gasteiger partial charge in [-0.25, -0.2) is 89.7 Å². The number of anilines is 7. The Morgan fingerprint density at radius 2 is 0.734 bits per heavy atom. The van der Waals surface area contributed by atoms with Gasteiger partial charge in [0.25, 0.3) is 11.1 Å². The van der Waals surface area contributed by atoms with E-state index in [0.717, 1.165) is 17.8 Å². The topological polar surface area (TPSA) is 582 Å². The molecule has 17 N–H and O–H groups in total. The van der Waals surface area contributed by atoms with E-state index in [-0.39, 0.29) is 132 Å². The predicted molar refractivity (Wildman–Crippen MR) is 422 cm³/mol. The minimum absolute atomic E-state index is 0. The van der Waals surface area contributed by atoms with E-state index in [0.29, 0.717) is 132 Å². The average molecular weight is 1970 g/mol. The molecule has 0 aromatic carbocycles. The molecule has 48 heteroatoms. The van der Waals surface area contributed by atoms with Crippen molar-refractivity contribution < 1.29 is 98.1 Å². The van der Waals surface area contributed by atoms with E-state index in [1.54, 1.807) is 64.0 Å². The second-order valence-electron chi connectivity index (χ2n) is 20.1. The molecule has 0 aliphatic heterocycles. The zero-order chi connectivity index (χ0) is 77.8. The summed E-state index contributed by atoms with van der Waals surface area (Å²) >= 11 is 15.7. The number of aryl methyl sites for hydroxylation is 7. The molecule has 41 nitrogen and oxygen atoms in total. The molecular formula is C61H66Cl2I2N39O2Y3-3. The van der Waals surface area contributed by atoms with Crippen molar-refractivity contribution in [3.63, 3.8) is 0 Å². The summed E-state index contributed by atoms with van der Waals surface area (Å²) in [6.45, 7) is 21.0. The van der Waals surface area contributed by atoms with Crippen LogP contribution in [0.1, 0.15) is 52.1 Å². The molecule has 0 spiro atoms. The van der Waals surface area contributed by atoms with Gasteiger partial charge in [-0.1, -0.05) is 50.9 Å². The molecule has 0 aliphatic carbocycles. The fourth-order valence-electron chi connectivity index (χ4n) is 8.49. The van der Waals surface area contributed by atoms with Crippen LogP contribution in [0.3, 0.4) is 0 Å². The second kappa shape index (κ2) is 42.8. The number of fused-ring (bicyclic) bond motifs is 8. The Morgan fingerprint density at radius 1 is 0.404 bits per heavy atom. The number of nitrogens with zero attached hydrogens (tertiary/aromatic N) is 29. The summed E-state index contributed by atoms with van der Waals surface area (Å²) in [7, 11) is 10.9. The van der Waals surface area contributed by atoms with Crippen LogP contribution in [0, 0.1) is 64.0 Å². The summed E-state index contributed by atoms with van der Waals surface area (Å²) in [5.41, 5.74) is 47.6. The van der Waals surface area contributed by atoms with Gasteiger partial charge in [-0.05, 0) is 6.92 Å². The van der Waals surface area contributed by atoms with E-state index >= 15 is 0 Å². The van der Waals surface area contributed by atoms with Crippen molar-refractivity contribution in [1.29, 1.82) is 0 Å². The van der Waals surface area contributed by atoms with E-state index in [1.807, 2.05) is 122 Å². The molecule has 0 atom stereocenters.